The van der Waals surface area contributed by atoms with Crippen LogP contribution < -0.4 is 19.7 Å². The van der Waals surface area contributed by atoms with Crippen LogP contribution in [0.25, 0.3) is 10.2 Å². The van der Waals surface area contributed by atoms with Crippen molar-refractivity contribution in [2.24, 2.45) is 0 Å². The smallest absolute Gasteiger partial charge is 0.189 e. The van der Waals surface area contributed by atoms with Crippen molar-refractivity contribution in [2.45, 2.75) is 25.9 Å². The van der Waals surface area contributed by atoms with Gasteiger partial charge in [-0.15, -0.1) is 0 Å². The summed E-state index contributed by atoms with van der Waals surface area (Å²) >= 11 is 1.60. The number of piperidine rings is 1. The van der Waals surface area contributed by atoms with Crippen LogP contribution in [-0.4, -0.2) is 40.8 Å². The van der Waals surface area contributed by atoms with E-state index in [0.717, 1.165) is 58.6 Å². The van der Waals surface area contributed by atoms with Gasteiger partial charge in [-0.05, 0) is 44.0 Å². The lowest BCUT2D eigenvalue weighted by Crippen LogP contribution is -2.41. The van der Waals surface area contributed by atoms with Crippen molar-refractivity contribution in [3.8, 4) is 11.5 Å². The second kappa shape index (κ2) is 9.40. The van der Waals surface area contributed by atoms with E-state index in [0.29, 0.717) is 12.4 Å². The number of aromatic nitrogens is 3. The third kappa shape index (κ3) is 4.60. The summed E-state index contributed by atoms with van der Waals surface area (Å²) in [5.74, 6) is 3.10. The maximum Gasteiger partial charge on any atom is 0.189 e. The van der Waals surface area contributed by atoms with Gasteiger partial charge < -0.3 is 19.7 Å². The summed E-state index contributed by atoms with van der Waals surface area (Å²) < 4.78 is 13.2. The van der Waals surface area contributed by atoms with Crippen LogP contribution in [0.4, 0.5) is 16.8 Å². The molecule has 1 saturated heterocycles. The fourth-order valence-electron chi connectivity index (χ4n) is 3.85. The molecule has 32 heavy (non-hydrogen) atoms. The molecular formula is C24H25N5O2S. The predicted molar refractivity (Wildman–Crippen MR) is 128 cm³/mol. The molecule has 4 aromatic rings. The molecule has 0 amide bonds. The number of nitrogens with one attached hydrogen (secondary N) is 1. The fraction of sp³-hybridized carbons (Fsp3) is 0.292. The Labute approximate surface area is 191 Å². The Morgan fingerprint density at radius 3 is 2.78 bits per heavy atom. The van der Waals surface area contributed by atoms with Crippen molar-refractivity contribution in [2.75, 3.05) is 29.9 Å². The van der Waals surface area contributed by atoms with E-state index in [9.17, 15) is 0 Å². The Kier molecular flexibility index (Phi) is 6.02. The molecule has 1 aliphatic heterocycles. The number of hydrogen-bond donors (Lipinski definition) is 1. The van der Waals surface area contributed by atoms with Crippen molar-refractivity contribution in [1.82, 2.24) is 15.0 Å². The van der Waals surface area contributed by atoms with Gasteiger partial charge in [0.2, 0.25) is 0 Å². The minimum absolute atomic E-state index is 0.0630. The van der Waals surface area contributed by atoms with Gasteiger partial charge in [0.05, 0.1) is 35.8 Å². The van der Waals surface area contributed by atoms with E-state index in [-0.39, 0.29) is 6.10 Å². The molecule has 5 rings (SSSR count). The van der Waals surface area contributed by atoms with E-state index in [4.69, 9.17) is 14.5 Å². The lowest BCUT2D eigenvalue weighted by molar-refractivity contribution is 0.170. The molecule has 0 bridgehead atoms. The van der Waals surface area contributed by atoms with Crippen molar-refractivity contribution < 1.29 is 9.47 Å². The average molecular weight is 448 g/mol. The molecule has 8 heteroatoms. The van der Waals surface area contributed by atoms with Crippen molar-refractivity contribution >= 4 is 38.3 Å². The highest BCUT2D eigenvalue weighted by Gasteiger charge is 2.24. The van der Waals surface area contributed by atoms with Crippen LogP contribution in [-0.2, 0) is 0 Å². The Balaban J connectivity index is 1.28. The molecule has 1 N–H and O–H groups in total. The number of anilines is 3. The molecule has 1 aliphatic rings. The van der Waals surface area contributed by atoms with Gasteiger partial charge in [0.1, 0.15) is 11.9 Å². The first-order valence-electron chi connectivity index (χ1n) is 10.9. The minimum Gasteiger partial charge on any atom is -0.490 e. The Hall–Kier alpha value is -3.39. The van der Waals surface area contributed by atoms with Crippen LogP contribution in [0.3, 0.4) is 0 Å². The predicted octanol–water partition coefficient (Wildman–Crippen LogP) is 5.28. The maximum atomic E-state index is 6.31. The van der Waals surface area contributed by atoms with Gasteiger partial charge in [-0.2, -0.15) is 0 Å². The van der Waals surface area contributed by atoms with Crippen molar-refractivity contribution in [1.29, 1.82) is 0 Å². The highest BCUT2D eigenvalue weighted by Crippen LogP contribution is 2.31. The average Bonchev–Trinajstić information content (AvgIpc) is 3.23. The summed E-state index contributed by atoms with van der Waals surface area (Å²) in [6.07, 6.45) is 5.62. The van der Waals surface area contributed by atoms with Crippen LogP contribution in [0.5, 0.6) is 11.5 Å². The number of hydrogen-bond acceptors (Lipinski definition) is 8. The molecule has 1 atom stereocenters. The van der Waals surface area contributed by atoms with E-state index >= 15 is 0 Å². The lowest BCUT2D eigenvalue weighted by atomic mass is 10.1. The largest absolute Gasteiger partial charge is 0.490 e. The summed E-state index contributed by atoms with van der Waals surface area (Å²) in [5, 5.41) is 4.11. The first-order chi connectivity index (χ1) is 15.8. The molecule has 164 valence electrons. The SMILES string of the molecule is CCOc1ccccc1O[C@@H]1CCCN(c2cncc(Nc3nc4ccccc4s3)n2)C1. The van der Waals surface area contributed by atoms with E-state index in [1.807, 2.05) is 49.4 Å². The molecule has 1 fully saturated rings. The molecule has 0 saturated carbocycles. The Bertz CT molecular complexity index is 1160. The van der Waals surface area contributed by atoms with Gasteiger partial charge in [0.25, 0.3) is 0 Å². The number of fused-ring (bicyclic) bond motifs is 1. The third-order valence-corrected chi connectivity index (χ3v) is 6.25. The molecule has 7 nitrogen and oxygen atoms in total. The first-order valence-corrected chi connectivity index (χ1v) is 11.7. The fourth-order valence-corrected chi connectivity index (χ4v) is 4.72. The van der Waals surface area contributed by atoms with Crippen LogP contribution in [0, 0.1) is 0 Å². The molecule has 2 aromatic carbocycles. The zero-order valence-electron chi connectivity index (χ0n) is 17.9. The number of ether oxygens (including phenoxy) is 2. The first kappa shape index (κ1) is 20.5. The Morgan fingerprint density at radius 1 is 1.06 bits per heavy atom. The third-order valence-electron chi connectivity index (χ3n) is 5.30. The number of rotatable bonds is 7. The number of para-hydroxylation sites is 3. The normalized spacial score (nSPS) is 16.2. The quantitative estimate of drug-likeness (QED) is 0.413. The van der Waals surface area contributed by atoms with E-state index in [2.05, 4.69) is 26.3 Å². The summed E-state index contributed by atoms with van der Waals surface area (Å²) in [7, 11) is 0. The zero-order chi connectivity index (χ0) is 21.8. The van der Waals surface area contributed by atoms with E-state index in [1.165, 1.54) is 0 Å². The molecule has 3 heterocycles. The standard InChI is InChI=1S/C24H25N5O2S/c1-2-30-19-10-4-5-11-20(19)31-17-8-7-13-29(16-17)23-15-25-14-22(27-23)28-24-26-18-9-3-6-12-21(18)32-24/h3-6,9-12,14-15,17H,2,7-8,13,16H2,1H3,(H,26,27,28)/t17-/m1/s1. The number of nitrogens with zero attached hydrogens (tertiary/aromatic N) is 4. The van der Waals surface area contributed by atoms with Crippen molar-refractivity contribution in [3.05, 3.63) is 60.9 Å². The van der Waals surface area contributed by atoms with Gasteiger partial charge in [0, 0.05) is 6.54 Å². The van der Waals surface area contributed by atoms with E-state index < -0.39 is 0 Å². The second-order valence-corrected chi connectivity index (χ2v) is 8.61. The molecule has 0 unspecified atom stereocenters. The highest BCUT2D eigenvalue weighted by atomic mass is 32.1. The highest BCUT2D eigenvalue weighted by molar-refractivity contribution is 7.22. The summed E-state index contributed by atoms with van der Waals surface area (Å²) in [5.41, 5.74) is 0.979. The molecule has 0 aliphatic carbocycles. The van der Waals surface area contributed by atoms with Gasteiger partial charge in [-0.1, -0.05) is 35.6 Å². The molecule has 0 spiro atoms. The van der Waals surface area contributed by atoms with Gasteiger partial charge in [-0.25, -0.2) is 9.97 Å². The van der Waals surface area contributed by atoms with Gasteiger partial charge in [-0.3, -0.25) is 4.98 Å². The van der Waals surface area contributed by atoms with Crippen LogP contribution in [0.2, 0.25) is 0 Å². The second-order valence-electron chi connectivity index (χ2n) is 7.58. The molecule has 2 aromatic heterocycles. The maximum absolute atomic E-state index is 6.31. The van der Waals surface area contributed by atoms with Crippen LogP contribution in [0.15, 0.2) is 60.9 Å². The summed E-state index contributed by atoms with van der Waals surface area (Å²) in [6, 6.07) is 15.9. The number of thiazole rings is 1. The van der Waals surface area contributed by atoms with Gasteiger partial charge in [0.15, 0.2) is 22.4 Å². The monoisotopic (exact) mass is 447 g/mol. The van der Waals surface area contributed by atoms with Gasteiger partial charge >= 0.3 is 0 Å². The molecule has 0 radical (unpaired) electrons. The van der Waals surface area contributed by atoms with E-state index in [1.54, 1.807) is 23.7 Å². The minimum atomic E-state index is 0.0630. The zero-order valence-corrected chi connectivity index (χ0v) is 18.7. The number of benzene rings is 2. The van der Waals surface area contributed by atoms with Crippen LogP contribution in [0.1, 0.15) is 19.8 Å². The summed E-state index contributed by atoms with van der Waals surface area (Å²) in [4.78, 5) is 16.1. The van der Waals surface area contributed by atoms with Crippen LogP contribution >= 0.6 is 11.3 Å². The summed E-state index contributed by atoms with van der Waals surface area (Å²) in [6.45, 7) is 4.26. The topological polar surface area (TPSA) is 72.4 Å². The van der Waals surface area contributed by atoms with Crippen molar-refractivity contribution in [3.63, 3.8) is 0 Å². The molecular weight excluding hydrogens is 422 g/mol. The lowest BCUT2D eigenvalue weighted by Gasteiger charge is -2.33. The Morgan fingerprint density at radius 2 is 1.91 bits per heavy atom.